The molecule has 3 rings (SSSR count). The monoisotopic (exact) mass is 324 g/mol. The van der Waals surface area contributed by atoms with Gasteiger partial charge < -0.3 is 9.47 Å². The summed E-state index contributed by atoms with van der Waals surface area (Å²) in [6, 6.07) is 0. The summed E-state index contributed by atoms with van der Waals surface area (Å²) in [5.41, 5.74) is 0. The van der Waals surface area contributed by atoms with Crippen molar-refractivity contribution in [2.75, 3.05) is 0 Å². The molecule has 6 atom stereocenters. The van der Waals surface area contributed by atoms with Crippen molar-refractivity contribution in [3.05, 3.63) is 0 Å². The van der Waals surface area contributed by atoms with Crippen LogP contribution in [0.1, 0.15) is 80.1 Å². The second kappa shape index (κ2) is 7.65. The van der Waals surface area contributed by atoms with Gasteiger partial charge in [-0.05, 0) is 37.5 Å². The third-order valence-corrected chi connectivity index (χ3v) is 6.37. The minimum atomic E-state index is -0.223. The Kier molecular flexibility index (Phi) is 6.29. The predicted octanol–water partition coefficient (Wildman–Crippen LogP) is 4.97. The molecular weight excluding hydrogens is 288 g/mol. The Hall–Kier alpha value is -0.410. The van der Waals surface area contributed by atoms with E-state index in [1.165, 1.54) is 12.8 Å². The highest BCUT2D eigenvalue weighted by Gasteiger charge is 2.51. The van der Waals surface area contributed by atoms with Gasteiger partial charge in [-0.1, -0.05) is 40.5 Å². The molecule has 3 nitrogen and oxygen atoms in total. The second-order valence-corrected chi connectivity index (χ2v) is 8.20. The number of Topliss-reactive ketones (excluding diaryl/α,β-unsaturated/α-hetero) is 1. The van der Waals surface area contributed by atoms with E-state index >= 15 is 0 Å². The zero-order chi connectivity index (χ0) is 17.2. The number of rotatable bonds is 2. The molecule has 0 aromatic heterocycles. The number of ether oxygens (including phenoxy) is 2. The molecule has 2 saturated carbocycles. The van der Waals surface area contributed by atoms with Gasteiger partial charge in [0.1, 0.15) is 5.78 Å². The highest BCUT2D eigenvalue weighted by atomic mass is 16.8. The normalized spacial score (nSPS) is 42.1. The number of carbonyl (C=O) groups excluding carboxylic acids is 1. The van der Waals surface area contributed by atoms with Crippen LogP contribution in [0.5, 0.6) is 0 Å². The van der Waals surface area contributed by atoms with Crippen molar-refractivity contribution in [1.29, 1.82) is 0 Å². The van der Waals surface area contributed by atoms with Crippen molar-refractivity contribution < 1.29 is 14.3 Å². The van der Waals surface area contributed by atoms with Crippen LogP contribution in [0.4, 0.5) is 0 Å². The molecule has 0 radical (unpaired) electrons. The van der Waals surface area contributed by atoms with Gasteiger partial charge in [-0.15, -0.1) is 0 Å². The highest BCUT2D eigenvalue weighted by molar-refractivity contribution is 5.81. The Morgan fingerprint density at radius 2 is 1.43 bits per heavy atom. The van der Waals surface area contributed by atoms with Gasteiger partial charge in [-0.25, -0.2) is 0 Å². The average Bonchev–Trinajstić information content (AvgIpc) is 3.07. The van der Waals surface area contributed by atoms with Crippen LogP contribution in [-0.4, -0.2) is 23.8 Å². The second-order valence-electron chi connectivity index (χ2n) is 8.20. The van der Waals surface area contributed by atoms with Crippen molar-refractivity contribution >= 4 is 5.78 Å². The summed E-state index contributed by atoms with van der Waals surface area (Å²) in [4.78, 5) is 10.8. The van der Waals surface area contributed by atoms with E-state index in [4.69, 9.17) is 9.47 Å². The molecule has 2 aliphatic carbocycles. The number of carbonyl (C=O) groups is 1. The lowest BCUT2D eigenvalue weighted by Crippen LogP contribution is -2.27. The van der Waals surface area contributed by atoms with Crippen molar-refractivity contribution in [2.45, 2.75) is 98.1 Å². The first-order valence-electron chi connectivity index (χ1n) is 9.67. The van der Waals surface area contributed by atoms with E-state index in [1.54, 1.807) is 0 Å². The molecule has 3 aliphatic rings. The first-order chi connectivity index (χ1) is 10.8. The molecule has 0 unspecified atom stereocenters. The Balaban J connectivity index is 0.000000185. The SMILES string of the molecule is CC[C@H]1CC(=O)C[C@@H]1C.CC[C@H]1CC2(C[C@@H]1C)O[C@H](C)[C@@H](C)O2. The van der Waals surface area contributed by atoms with E-state index in [0.717, 1.165) is 37.5 Å². The topological polar surface area (TPSA) is 35.5 Å². The highest BCUT2D eigenvalue weighted by Crippen LogP contribution is 2.48. The lowest BCUT2D eigenvalue weighted by atomic mass is 9.96. The maximum Gasteiger partial charge on any atom is 0.169 e. The average molecular weight is 325 g/mol. The van der Waals surface area contributed by atoms with Crippen LogP contribution in [0, 0.1) is 23.7 Å². The molecule has 23 heavy (non-hydrogen) atoms. The number of hydrogen-bond acceptors (Lipinski definition) is 3. The molecule has 0 amide bonds. The zero-order valence-corrected chi connectivity index (χ0v) is 15.9. The standard InChI is InChI=1S/C12H22O2.C8H14O/c1-5-11-7-12(6-8(11)2)13-9(3)10(4)14-12;1-3-7-5-8(9)4-6(7)2/h8-11H,5-7H2,1-4H3;6-7H,3-5H2,1-2H3/t8-,9+,10+,11-;6-,7-/m00/s1. The quantitative estimate of drug-likeness (QED) is 0.719. The summed E-state index contributed by atoms with van der Waals surface area (Å²) in [7, 11) is 0. The van der Waals surface area contributed by atoms with Gasteiger partial charge in [0.15, 0.2) is 5.79 Å². The maximum absolute atomic E-state index is 10.8. The first kappa shape index (κ1) is 18.9. The van der Waals surface area contributed by atoms with Crippen LogP contribution < -0.4 is 0 Å². The van der Waals surface area contributed by atoms with Crippen molar-refractivity contribution in [3.63, 3.8) is 0 Å². The van der Waals surface area contributed by atoms with Crippen LogP contribution in [0.2, 0.25) is 0 Å². The summed E-state index contributed by atoms with van der Waals surface area (Å²) in [5, 5.41) is 0. The summed E-state index contributed by atoms with van der Waals surface area (Å²) in [5.74, 6) is 3.12. The Morgan fingerprint density at radius 3 is 1.78 bits per heavy atom. The summed E-state index contributed by atoms with van der Waals surface area (Å²) >= 11 is 0. The molecule has 0 aromatic carbocycles. The number of hydrogen-bond donors (Lipinski definition) is 0. The van der Waals surface area contributed by atoms with Crippen LogP contribution in [0.15, 0.2) is 0 Å². The Bertz CT molecular complexity index is 396. The van der Waals surface area contributed by atoms with E-state index in [2.05, 4.69) is 41.5 Å². The molecular formula is C20H36O3. The summed E-state index contributed by atoms with van der Waals surface area (Å²) < 4.78 is 12.0. The fourth-order valence-corrected chi connectivity index (χ4v) is 4.63. The van der Waals surface area contributed by atoms with Crippen LogP contribution >= 0.6 is 0 Å². The van der Waals surface area contributed by atoms with Gasteiger partial charge in [0, 0.05) is 25.7 Å². The Labute approximate surface area is 142 Å². The molecule has 0 N–H and O–H groups in total. The zero-order valence-electron chi connectivity index (χ0n) is 15.9. The van der Waals surface area contributed by atoms with Gasteiger partial charge in [-0.3, -0.25) is 4.79 Å². The van der Waals surface area contributed by atoms with E-state index in [1.807, 2.05) is 0 Å². The van der Waals surface area contributed by atoms with Crippen molar-refractivity contribution in [3.8, 4) is 0 Å². The van der Waals surface area contributed by atoms with Crippen LogP contribution in [0.25, 0.3) is 0 Å². The molecule has 0 bridgehead atoms. The third kappa shape index (κ3) is 4.36. The summed E-state index contributed by atoms with van der Waals surface area (Å²) in [6.07, 6.45) is 6.80. The largest absolute Gasteiger partial charge is 0.344 e. The molecule has 1 spiro atoms. The minimum Gasteiger partial charge on any atom is -0.344 e. The molecule has 3 heteroatoms. The predicted molar refractivity (Wildman–Crippen MR) is 93.2 cm³/mol. The minimum absolute atomic E-state index is 0.223. The smallest absolute Gasteiger partial charge is 0.169 e. The van der Waals surface area contributed by atoms with Crippen molar-refractivity contribution in [2.24, 2.45) is 23.7 Å². The number of ketones is 1. The maximum atomic E-state index is 10.8. The fraction of sp³-hybridized carbons (Fsp3) is 0.950. The van der Waals surface area contributed by atoms with E-state index in [9.17, 15) is 4.79 Å². The summed E-state index contributed by atoms with van der Waals surface area (Å²) in [6.45, 7) is 13.2. The van der Waals surface area contributed by atoms with Gasteiger partial charge in [0.2, 0.25) is 0 Å². The molecule has 0 aromatic rings. The van der Waals surface area contributed by atoms with Crippen LogP contribution in [-0.2, 0) is 14.3 Å². The lowest BCUT2D eigenvalue weighted by Gasteiger charge is -2.22. The Morgan fingerprint density at radius 1 is 0.870 bits per heavy atom. The van der Waals surface area contributed by atoms with E-state index in [-0.39, 0.29) is 18.0 Å². The van der Waals surface area contributed by atoms with Gasteiger partial charge in [0.25, 0.3) is 0 Å². The van der Waals surface area contributed by atoms with Gasteiger partial charge in [0.05, 0.1) is 12.2 Å². The van der Waals surface area contributed by atoms with E-state index in [0.29, 0.717) is 17.6 Å². The van der Waals surface area contributed by atoms with Gasteiger partial charge >= 0.3 is 0 Å². The van der Waals surface area contributed by atoms with Crippen molar-refractivity contribution in [1.82, 2.24) is 0 Å². The fourth-order valence-electron chi connectivity index (χ4n) is 4.63. The molecule has 1 aliphatic heterocycles. The first-order valence-corrected chi connectivity index (χ1v) is 9.67. The molecule has 134 valence electrons. The third-order valence-electron chi connectivity index (χ3n) is 6.37. The molecule has 3 fully saturated rings. The van der Waals surface area contributed by atoms with Gasteiger partial charge in [-0.2, -0.15) is 0 Å². The molecule has 1 saturated heterocycles. The van der Waals surface area contributed by atoms with Crippen LogP contribution in [0.3, 0.4) is 0 Å². The lowest BCUT2D eigenvalue weighted by molar-refractivity contribution is -0.170. The van der Waals surface area contributed by atoms with E-state index < -0.39 is 0 Å². The molecule has 1 heterocycles.